The van der Waals surface area contributed by atoms with Crippen molar-refractivity contribution in [3.8, 4) is 0 Å². The third-order valence-electron chi connectivity index (χ3n) is 4.36. The molecule has 1 aliphatic rings. The van der Waals surface area contributed by atoms with Crippen LogP contribution in [0.4, 0.5) is 0 Å². The van der Waals surface area contributed by atoms with E-state index in [1.54, 1.807) is 0 Å². The molecule has 3 nitrogen and oxygen atoms in total. The van der Waals surface area contributed by atoms with Crippen LogP contribution in [-0.4, -0.2) is 23.9 Å². The second-order valence-electron chi connectivity index (χ2n) is 6.29. The fourth-order valence-electron chi connectivity index (χ4n) is 3.26. The average Bonchev–Trinajstić information content (AvgIpc) is 2.46. The van der Waals surface area contributed by atoms with E-state index in [1.165, 1.54) is 19.3 Å². The summed E-state index contributed by atoms with van der Waals surface area (Å²) in [5.74, 6) is 0.163. The minimum absolute atomic E-state index is 0.163. The van der Waals surface area contributed by atoms with Crippen molar-refractivity contribution >= 4 is 5.91 Å². The first-order chi connectivity index (χ1) is 9.58. The van der Waals surface area contributed by atoms with Crippen LogP contribution in [0.25, 0.3) is 0 Å². The van der Waals surface area contributed by atoms with Crippen molar-refractivity contribution in [2.45, 2.75) is 46.1 Å². The van der Waals surface area contributed by atoms with E-state index >= 15 is 0 Å². The molecule has 1 amide bonds. The molecule has 0 radical (unpaired) electrons. The monoisotopic (exact) mass is 274 g/mol. The highest BCUT2D eigenvalue weighted by Crippen LogP contribution is 2.34. The lowest BCUT2D eigenvalue weighted by atomic mass is 9.78. The largest absolute Gasteiger partial charge is 0.338 e. The Balaban J connectivity index is 2.07. The van der Waals surface area contributed by atoms with Gasteiger partial charge in [-0.15, -0.1) is 0 Å². The van der Waals surface area contributed by atoms with Gasteiger partial charge in [-0.1, -0.05) is 32.4 Å². The maximum Gasteiger partial charge on any atom is 0.253 e. The Morgan fingerprint density at radius 3 is 2.65 bits per heavy atom. The Kier molecular flexibility index (Phi) is 4.81. The van der Waals surface area contributed by atoms with Crippen LogP contribution in [-0.2, 0) is 6.54 Å². The number of piperidine rings is 1. The zero-order valence-corrected chi connectivity index (χ0v) is 12.7. The zero-order chi connectivity index (χ0) is 14.6. The molecule has 110 valence electrons. The number of carbonyl (C=O) groups is 1. The van der Waals surface area contributed by atoms with Gasteiger partial charge in [0.25, 0.3) is 5.91 Å². The summed E-state index contributed by atoms with van der Waals surface area (Å²) in [5, 5.41) is 0. The summed E-state index contributed by atoms with van der Waals surface area (Å²) in [7, 11) is 0. The van der Waals surface area contributed by atoms with Crippen molar-refractivity contribution < 1.29 is 4.79 Å². The molecule has 0 spiro atoms. The van der Waals surface area contributed by atoms with Gasteiger partial charge in [-0.25, -0.2) is 0 Å². The maximum absolute atomic E-state index is 12.6. The summed E-state index contributed by atoms with van der Waals surface area (Å²) in [5.41, 5.74) is 7.73. The van der Waals surface area contributed by atoms with Crippen LogP contribution >= 0.6 is 0 Å². The number of hydrogen-bond donors (Lipinski definition) is 1. The van der Waals surface area contributed by atoms with Crippen molar-refractivity contribution in [2.24, 2.45) is 11.1 Å². The van der Waals surface area contributed by atoms with Gasteiger partial charge in [0.05, 0.1) is 0 Å². The molecule has 1 saturated heterocycles. The van der Waals surface area contributed by atoms with E-state index in [4.69, 9.17) is 5.73 Å². The normalized spacial score (nSPS) is 22.9. The molecule has 1 aliphatic heterocycles. The second-order valence-corrected chi connectivity index (χ2v) is 6.29. The maximum atomic E-state index is 12.6. The number of likely N-dealkylation sites (tertiary alicyclic amines) is 1. The van der Waals surface area contributed by atoms with Crippen molar-refractivity contribution in [3.05, 3.63) is 35.4 Å². The minimum atomic E-state index is 0.163. The van der Waals surface area contributed by atoms with E-state index in [2.05, 4.69) is 13.8 Å². The van der Waals surface area contributed by atoms with Gasteiger partial charge in [-0.3, -0.25) is 4.79 Å². The first-order valence-corrected chi connectivity index (χ1v) is 7.66. The van der Waals surface area contributed by atoms with Gasteiger partial charge in [0, 0.05) is 25.2 Å². The smallest absolute Gasteiger partial charge is 0.253 e. The van der Waals surface area contributed by atoms with Crippen LogP contribution in [0.5, 0.6) is 0 Å². The van der Waals surface area contributed by atoms with Gasteiger partial charge < -0.3 is 10.6 Å². The lowest BCUT2D eigenvalue weighted by Crippen LogP contribution is -2.44. The molecular weight excluding hydrogens is 248 g/mol. The van der Waals surface area contributed by atoms with Crippen molar-refractivity contribution in [3.63, 3.8) is 0 Å². The highest BCUT2D eigenvalue weighted by molar-refractivity contribution is 5.94. The van der Waals surface area contributed by atoms with Crippen LogP contribution < -0.4 is 5.73 Å². The predicted molar refractivity (Wildman–Crippen MR) is 82.5 cm³/mol. The van der Waals surface area contributed by atoms with Crippen molar-refractivity contribution in [1.82, 2.24) is 4.90 Å². The SMILES string of the molecule is CCCC1(C)CCCN(C(=O)c2ccc(CN)cc2)C1. The van der Waals surface area contributed by atoms with Gasteiger partial charge in [0.15, 0.2) is 0 Å². The molecule has 1 heterocycles. The number of nitrogens with zero attached hydrogens (tertiary/aromatic N) is 1. The summed E-state index contributed by atoms with van der Waals surface area (Å²) >= 11 is 0. The van der Waals surface area contributed by atoms with Gasteiger partial charge in [0.1, 0.15) is 0 Å². The van der Waals surface area contributed by atoms with Crippen LogP contribution in [0.15, 0.2) is 24.3 Å². The first kappa shape index (κ1) is 15.0. The molecule has 1 aromatic rings. The average molecular weight is 274 g/mol. The highest BCUT2D eigenvalue weighted by atomic mass is 16.2. The molecule has 0 bridgehead atoms. The molecule has 2 rings (SSSR count). The molecule has 1 fully saturated rings. The molecule has 20 heavy (non-hydrogen) atoms. The van der Waals surface area contributed by atoms with E-state index in [9.17, 15) is 4.79 Å². The third kappa shape index (κ3) is 3.40. The number of amides is 1. The molecule has 1 unspecified atom stereocenters. The Hall–Kier alpha value is -1.35. The summed E-state index contributed by atoms with van der Waals surface area (Å²) in [6.45, 7) is 6.83. The van der Waals surface area contributed by atoms with Gasteiger partial charge in [0.2, 0.25) is 0 Å². The summed E-state index contributed by atoms with van der Waals surface area (Å²) < 4.78 is 0. The molecular formula is C17H26N2O. The van der Waals surface area contributed by atoms with Gasteiger partial charge >= 0.3 is 0 Å². The molecule has 0 saturated carbocycles. The van der Waals surface area contributed by atoms with Crippen LogP contribution in [0, 0.1) is 5.41 Å². The Morgan fingerprint density at radius 2 is 2.05 bits per heavy atom. The summed E-state index contributed by atoms with van der Waals surface area (Å²) in [6, 6.07) is 7.69. The third-order valence-corrected chi connectivity index (χ3v) is 4.36. The van der Waals surface area contributed by atoms with E-state index in [1.807, 2.05) is 29.2 Å². The lowest BCUT2D eigenvalue weighted by Gasteiger charge is -2.40. The Labute approximate surface area is 122 Å². The van der Waals surface area contributed by atoms with E-state index < -0.39 is 0 Å². The van der Waals surface area contributed by atoms with Crippen LogP contribution in [0.2, 0.25) is 0 Å². The number of carbonyl (C=O) groups excluding carboxylic acids is 1. The fraction of sp³-hybridized carbons (Fsp3) is 0.588. The zero-order valence-electron chi connectivity index (χ0n) is 12.7. The van der Waals surface area contributed by atoms with Crippen molar-refractivity contribution in [1.29, 1.82) is 0 Å². The van der Waals surface area contributed by atoms with E-state index in [0.717, 1.165) is 30.6 Å². The number of benzene rings is 1. The Bertz CT molecular complexity index is 451. The van der Waals surface area contributed by atoms with Gasteiger partial charge in [-0.05, 0) is 42.4 Å². The summed E-state index contributed by atoms with van der Waals surface area (Å²) in [6.07, 6.45) is 4.73. The first-order valence-electron chi connectivity index (χ1n) is 7.66. The van der Waals surface area contributed by atoms with Crippen LogP contribution in [0.1, 0.15) is 55.5 Å². The topological polar surface area (TPSA) is 46.3 Å². The summed E-state index contributed by atoms with van der Waals surface area (Å²) in [4.78, 5) is 14.6. The quantitative estimate of drug-likeness (QED) is 0.916. The number of hydrogen-bond acceptors (Lipinski definition) is 2. The number of nitrogens with two attached hydrogens (primary N) is 1. The lowest BCUT2D eigenvalue weighted by molar-refractivity contribution is 0.0530. The van der Waals surface area contributed by atoms with Crippen molar-refractivity contribution in [2.75, 3.05) is 13.1 Å². The molecule has 2 N–H and O–H groups in total. The Morgan fingerprint density at radius 1 is 1.35 bits per heavy atom. The molecule has 1 atom stereocenters. The van der Waals surface area contributed by atoms with E-state index in [0.29, 0.717) is 12.0 Å². The molecule has 0 aliphatic carbocycles. The van der Waals surface area contributed by atoms with Crippen LogP contribution in [0.3, 0.4) is 0 Å². The molecule has 1 aromatic carbocycles. The fourth-order valence-corrected chi connectivity index (χ4v) is 3.26. The van der Waals surface area contributed by atoms with E-state index in [-0.39, 0.29) is 5.91 Å². The molecule has 0 aromatic heterocycles. The van der Waals surface area contributed by atoms with Gasteiger partial charge in [-0.2, -0.15) is 0 Å². The standard InChI is InChI=1S/C17H26N2O/c1-3-9-17(2)10-4-11-19(13-17)16(20)15-7-5-14(12-18)6-8-15/h5-8H,3-4,9-13,18H2,1-2H3. The second kappa shape index (κ2) is 6.40. The number of rotatable bonds is 4. The predicted octanol–water partition coefficient (Wildman–Crippen LogP) is 3.19. The highest BCUT2D eigenvalue weighted by Gasteiger charge is 2.32. The minimum Gasteiger partial charge on any atom is -0.338 e. The molecule has 3 heteroatoms.